The summed E-state index contributed by atoms with van der Waals surface area (Å²) < 4.78 is 0. The molecule has 0 aliphatic rings. The van der Waals surface area contributed by atoms with Gasteiger partial charge in [0.25, 0.3) is 0 Å². The minimum absolute atomic E-state index is 0. The van der Waals surface area contributed by atoms with Crippen LogP contribution in [0.3, 0.4) is 0 Å². The van der Waals surface area contributed by atoms with Gasteiger partial charge in [0.05, 0.1) is 0 Å². The first-order valence-electron chi connectivity index (χ1n) is 0. The van der Waals surface area contributed by atoms with Crippen LogP contribution in [0.5, 0.6) is 0 Å². The molecule has 0 aliphatic carbocycles. The Bertz CT molecular complexity index is 11.5. The fourth-order valence-electron chi connectivity index (χ4n) is 0. The minimum Gasteiger partial charge on any atom is -2.00 e. The van der Waals surface area contributed by atoms with Gasteiger partial charge in [0.1, 0.15) is 0 Å². The fourth-order valence-corrected chi connectivity index (χ4v) is 0. The van der Waals surface area contributed by atoms with Gasteiger partial charge in [-0.1, -0.05) is 0 Å². The van der Waals surface area contributed by atoms with Crippen molar-refractivity contribution in [3.8, 4) is 0 Å². The van der Waals surface area contributed by atoms with E-state index in [0.29, 0.717) is 0 Å². The summed E-state index contributed by atoms with van der Waals surface area (Å²) in [5, 5.41) is 0. The molecule has 2 nitrogen and oxygen atoms in total. The SMILES string of the molecule is [Co+2].[Li+].[Li+].[Mn].[O-2].[O-2]. The second-order valence-electron chi connectivity index (χ2n) is 0. The molecule has 6 heavy (non-hydrogen) atoms. The Morgan fingerprint density at radius 2 is 0.667 bits per heavy atom. The van der Waals surface area contributed by atoms with E-state index in [4.69, 9.17) is 0 Å². The summed E-state index contributed by atoms with van der Waals surface area (Å²) in [5.74, 6) is 0. The summed E-state index contributed by atoms with van der Waals surface area (Å²) >= 11 is 0. The summed E-state index contributed by atoms with van der Waals surface area (Å²) in [7, 11) is 0. The quantitative estimate of drug-likeness (QED) is 0.316. The predicted molar refractivity (Wildman–Crippen MR) is 1.37 cm³/mol. The Balaban J connectivity index is 0. The van der Waals surface area contributed by atoms with Crippen molar-refractivity contribution in [1.82, 2.24) is 0 Å². The monoisotopic (exact) mass is 160 g/mol. The van der Waals surface area contributed by atoms with Crippen molar-refractivity contribution < 1.29 is 82.5 Å². The first-order chi connectivity index (χ1) is 0. The predicted octanol–water partition coefficient (Wildman–Crippen LogP) is -6.23. The molecule has 0 saturated carbocycles. The molecule has 2 radical (unpaired) electrons. The molecule has 0 atom stereocenters. The van der Waals surface area contributed by atoms with E-state index in [1.54, 1.807) is 0 Å². The maximum Gasteiger partial charge on any atom is 2.00 e. The Hall–Kier alpha value is 2.14. The summed E-state index contributed by atoms with van der Waals surface area (Å²) in [6.45, 7) is 0. The maximum absolute atomic E-state index is 0. The van der Waals surface area contributed by atoms with Crippen molar-refractivity contribution in [1.29, 1.82) is 0 Å². The topological polar surface area (TPSA) is 57.0 Å². The first kappa shape index (κ1) is 90.6. The molecule has 0 aromatic carbocycles. The van der Waals surface area contributed by atoms with Gasteiger partial charge < -0.3 is 11.0 Å². The van der Waals surface area contributed by atoms with Crippen molar-refractivity contribution in [3.05, 3.63) is 0 Å². The molecule has 0 fully saturated rings. The van der Waals surface area contributed by atoms with Crippen molar-refractivity contribution in [2.45, 2.75) is 0 Å². The van der Waals surface area contributed by atoms with Gasteiger partial charge in [-0.25, -0.2) is 0 Å². The van der Waals surface area contributed by atoms with Gasteiger partial charge in [0.2, 0.25) is 0 Å². The molecule has 0 N–H and O–H groups in total. The Morgan fingerprint density at radius 3 is 0.667 bits per heavy atom. The molecule has 0 rings (SSSR count). The maximum atomic E-state index is 0. The van der Waals surface area contributed by atoms with E-state index < -0.39 is 0 Å². The largest absolute Gasteiger partial charge is 2.00 e. The molecule has 0 saturated heterocycles. The second kappa shape index (κ2) is 58.8. The first-order valence-corrected chi connectivity index (χ1v) is 0. The average Bonchev–Trinajstić information content (AvgIpc) is 0. The van der Waals surface area contributed by atoms with Crippen LogP contribution < -0.4 is 37.7 Å². The molecule has 0 bridgehead atoms. The van der Waals surface area contributed by atoms with Crippen LogP contribution in [0.4, 0.5) is 0 Å². The second-order valence-corrected chi connectivity index (χ2v) is 0. The van der Waals surface area contributed by atoms with Crippen molar-refractivity contribution in [2.75, 3.05) is 0 Å². The number of rotatable bonds is 0. The van der Waals surface area contributed by atoms with Crippen molar-refractivity contribution in [2.24, 2.45) is 0 Å². The molecule has 0 spiro atoms. The van der Waals surface area contributed by atoms with Gasteiger partial charge in [0, 0.05) is 17.1 Å². The third-order valence-corrected chi connectivity index (χ3v) is 0. The van der Waals surface area contributed by atoms with Gasteiger partial charge in [-0.2, -0.15) is 0 Å². The van der Waals surface area contributed by atoms with Crippen LogP contribution in [-0.4, -0.2) is 0 Å². The van der Waals surface area contributed by atoms with Crippen molar-refractivity contribution >= 4 is 0 Å². The van der Waals surface area contributed by atoms with E-state index in [-0.39, 0.29) is 82.5 Å². The normalized spacial score (nSPS) is 0. The minimum atomic E-state index is 0. The molecule has 0 heterocycles. The van der Waals surface area contributed by atoms with Gasteiger partial charge in [-0.3, -0.25) is 0 Å². The average molecular weight is 160 g/mol. The van der Waals surface area contributed by atoms with Gasteiger partial charge in [-0.05, 0) is 0 Å². The summed E-state index contributed by atoms with van der Waals surface area (Å²) in [5.41, 5.74) is 0. The zero-order valence-corrected chi connectivity index (χ0v) is 5.75. The zero-order chi connectivity index (χ0) is 0. The van der Waals surface area contributed by atoms with Gasteiger partial charge >= 0.3 is 54.5 Å². The van der Waals surface area contributed by atoms with E-state index in [0.717, 1.165) is 0 Å². The standard InChI is InChI=1S/Co.2Li.Mn.2O/q+2;2*+1;;2*-2. The zero-order valence-electron chi connectivity index (χ0n) is 3.53. The molecular formula is CoLi2MnO2. The van der Waals surface area contributed by atoms with E-state index in [2.05, 4.69) is 0 Å². The fraction of sp³-hybridized carbons (Fsp3) is 0. The van der Waals surface area contributed by atoms with Crippen LogP contribution in [0.15, 0.2) is 0 Å². The van der Waals surface area contributed by atoms with Crippen LogP contribution >= 0.6 is 0 Å². The van der Waals surface area contributed by atoms with Crippen LogP contribution in [0, 0.1) is 0 Å². The van der Waals surface area contributed by atoms with Crippen molar-refractivity contribution in [3.63, 3.8) is 0 Å². The smallest absolute Gasteiger partial charge is 2.00 e. The molecule has 0 aromatic heterocycles. The molecule has 0 unspecified atom stereocenters. The summed E-state index contributed by atoms with van der Waals surface area (Å²) in [6.07, 6.45) is 0. The van der Waals surface area contributed by atoms with E-state index in [9.17, 15) is 0 Å². The molecule has 0 aliphatic heterocycles. The van der Waals surface area contributed by atoms with Crippen LogP contribution in [0.25, 0.3) is 0 Å². The van der Waals surface area contributed by atoms with Crippen LogP contribution in [0.1, 0.15) is 0 Å². The molecule has 6 heteroatoms. The van der Waals surface area contributed by atoms with Gasteiger partial charge in [0.15, 0.2) is 0 Å². The number of hydrogen-bond acceptors (Lipinski definition) is 0. The Labute approximate surface area is 81.8 Å². The van der Waals surface area contributed by atoms with Crippen LogP contribution in [-0.2, 0) is 44.8 Å². The summed E-state index contributed by atoms with van der Waals surface area (Å²) in [6, 6.07) is 0. The molecule has 0 amide bonds. The van der Waals surface area contributed by atoms with E-state index >= 15 is 0 Å². The third kappa shape index (κ3) is 35.4. The van der Waals surface area contributed by atoms with E-state index in [1.165, 1.54) is 0 Å². The third-order valence-electron chi connectivity index (χ3n) is 0. The summed E-state index contributed by atoms with van der Waals surface area (Å²) in [4.78, 5) is 0. The van der Waals surface area contributed by atoms with Crippen LogP contribution in [0.2, 0.25) is 0 Å². The molecular weight excluding hydrogens is 160 g/mol. The van der Waals surface area contributed by atoms with E-state index in [1.807, 2.05) is 0 Å². The molecule has 0 aromatic rings. The Kier molecular flexibility index (Phi) is 887. The molecule has 30 valence electrons. The Morgan fingerprint density at radius 1 is 0.667 bits per heavy atom. The number of hydrogen-bond donors (Lipinski definition) is 0. The van der Waals surface area contributed by atoms with Gasteiger partial charge in [-0.15, -0.1) is 0 Å².